The average molecular weight is 291 g/mol. The second kappa shape index (κ2) is 5.09. The number of nitrogens with zero attached hydrogens (tertiary/aromatic N) is 2. The quantitative estimate of drug-likeness (QED) is 0.646. The van der Waals surface area contributed by atoms with E-state index in [0.717, 1.165) is 4.57 Å². The van der Waals surface area contributed by atoms with Crippen molar-refractivity contribution in [2.45, 2.75) is 24.4 Å². The minimum Gasteiger partial charge on any atom is -0.388 e. The van der Waals surface area contributed by atoms with Crippen LogP contribution in [-0.4, -0.2) is 43.5 Å². The van der Waals surface area contributed by atoms with Crippen LogP contribution >= 0.6 is 11.6 Å². The molecule has 8 heteroatoms. The molecule has 0 unspecified atom stereocenters. The average Bonchev–Trinajstić information content (AvgIpc) is 2.68. The lowest BCUT2D eigenvalue weighted by molar-refractivity contribution is 0.0145. The third-order valence-electron chi connectivity index (χ3n) is 3.29. The van der Waals surface area contributed by atoms with Crippen molar-refractivity contribution >= 4 is 11.6 Å². The van der Waals surface area contributed by atoms with Gasteiger partial charge in [-0.3, -0.25) is 9.36 Å². The first kappa shape index (κ1) is 14.3. The van der Waals surface area contributed by atoms with Gasteiger partial charge in [-0.05, 0) is 0 Å². The van der Waals surface area contributed by atoms with E-state index in [9.17, 15) is 19.8 Å². The molecule has 0 aliphatic carbocycles. The zero-order valence-electron chi connectivity index (χ0n) is 10.5. The van der Waals surface area contributed by atoms with Crippen molar-refractivity contribution in [3.8, 4) is 0 Å². The van der Waals surface area contributed by atoms with Gasteiger partial charge in [-0.25, -0.2) is 4.79 Å². The van der Waals surface area contributed by atoms with Crippen LogP contribution < -0.4 is 11.2 Å². The van der Waals surface area contributed by atoms with Gasteiger partial charge >= 0.3 is 5.69 Å². The second-order valence-corrected chi connectivity index (χ2v) is 4.88. The highest BCUT2D eigenvalue weighted by atomic mass is 35.5. The molecule has 2 rings (SSSR count). The first-order chi connectivity index (χ1) is 8.88. The third-order valence-corrected chi connectivity index (χ3v) is 3.60. The van der Waals surface area contributed by atoms with Crippen molar-refractivity contribution in [3.05, 3.63) is 32.6 Å². The molecule has 19 heavy (non-hydrogen) atoms. The minimum atomic E-state index is -1.26. The largest absolute Gasteiger partial charge is 0.388 e. The summed E-state index contributed by atoms with van der Waals surface area (Å²) in [5.74, 6) is 0.000800. The molecule has 1 aliphatic rings. The standard InChI is InChI=1S/C11H15ClN2O5/c1-13-4-5(10(17)14(2)11(13)18)9-8(16)7(15)6(3-12)19-9/h4,6-9,15-16H,3H2,1-2H3/t6-,7-,8-,9+/m1/s1. The molecule has 4 atom stereocenters. The van der Waals surface area contributed by atoms with Crippen LogP contribution in [0.3, 0.4) is 0 Å². The Kier molecular flexibility index (Phi) is 3.82. The van der Waals surface area contributed by atoms with E-state index in [1.165, 1.54) is 24.9 Å². The van der Waals surface area contributed by atoms with E-state index in [4.69, 9.17) is 16.3 Å². The lowest BCUT2D eigenvalue weighted by atomic mass is 10.0. The molecule has 0 saturated carbocycles. The summed E-state index contributed by atoms with van der Waals surface area (Å²) in [5, 5.41) is 19.7. The van der Waals surface area contributed by atoms with Crippen molar-refractivity contribution in [1.29, 1.82) is 0 Å². The summed E-state index contributed by atoms with van der Waals surface area (Å²) >= 11 is 5.61. The number of ether oxygens (including phenoxy) is 1. The van der Waals surface area contributed by atoms with Crippen LogP contribution in [-0.2, 0) is 18.8 Å². The summed E-state index contributed by atoms with van der Waals surface area (Å²) in [6, 6.07) is 0. The molecular weight excluding hydrogens is 276 g/mol. The molecule has 0 bridgehead atoms. The smallest absolute Gasteiger partial charge is 0.330 e. The summed E-state index contributed by atoms with van der Waals surface area (Å²) in [7, 11) is 2.83. The van der Waals surface area contributed by atoms with Crippen molar-refractivity contribution in [2.24, 2.45) is 14.1 Å². The van der Waals surface area contributed by atoms with Gasteiger partial charge < -0.3 is 19.5 Å². The fraction of sp³-hybridized carbons (Fsp3) is 0.636. The molecule has 7 nitrogen and oxygen atoms in total. The maximum atomic E-state index is 12.0. The number of hydrogen-bond donors (Lipinski definition) is 2. The van der Waals surface area contributed by atoms with Crippen molar-refractivity contribution < 1.29 is 14.9 Å². The Morgan fingerprint density at radius 3 is 2.47 bits per heavy atom. The second-order valence-electron chi connectivity index (χ2n) is 4.57. The maximum Gasteiger partial charge on any atom is 0.330 e. The number of aromatic nitrogens is 2. The SMILES string of the molecule is Cn1cc([C@@H]2O[C@H](CCl)[C@@H](O)[C@H]2O)c(=O)n(C)c1=O. The molecule has 1 aromatic rings. The first-order valence-corrected chi connectivity index (χ1v) is 6.26. The normalized spacial score (nSPS) is 30.8. The number of aliphatic hydroxyl groups excluding tert-OH is 2. The van der Waals surface area contributed by atoms with Gasteiger partial charge in [-0.2, -0.15) is 0 Å². The molecule has 106 valence electrons. The maximum absolute atomic E-state index is 12.0. The molecule has 0 spiro atoms. The van der Waals surface area contributed by atoms with Crippen molar-refractivity contribution in [1.82, 2.24) is 9.13 Å². The predicted molar refractivity (Wildman–Crippen MR) is 67.3 cm³/mol. The van der Waals surface area contributed by atoms with Gasteiger partial charge in [0, 0.05) is 20.3 Å². The minimum absolute atomic E-state index is 0.000800. The van der Waals surface area contributed by atoms with Gasteiger partial charge in [0.1, 0.15) is 24.4 Å². The van der Waals surface area contributed by atoms with E-state index >= 15 is 0 Å². The molecule has 0 aromatic carbocycles. The molecule has 1 saturated heterocycles. The van der Waals surface area contributed by atoms with Crippen LogP contribution in [0.1, 0.15) is 11.7 Å². The molecule has 2 N–H and O–H groups in total. The predicted octanol–water partition coefficient (Wildman–Crippen LogP) is -1.52. The first-order valence-electron chi connectivity index (χ1n) is 5.72. The molecule has 1 aliphatic heterocycles. The number of aliphatic hydroxyl groups is 2. The van der Waals surface area contributed by atoms with E-state index in [1.54, 1.807) is 0 Å². The Labute approximate surface area is 113 Å². The Morgan fingerprint density at radius 2 is 1.95 bits per heavy atom. The third kappa shape index (κ3) is 2.23. The topological polar surface area (TPSA) is 93.7 Å². The van der Waals surface area contributed by atoms with Crippen molar-refractivity contribution in [3.63, 3.8) is 0 Å². The lowest BCUT2D eigenvalue weighted by Crippen LogP contribution is -2.40. The monoisotopic (exact) mass is 290 g/mol. The molecule has 1 fully saturated rings. The van der Waals surface area contributed by atoms with Crippen LogP contribution in [0, 0.1) is 0 Å². The van der Waals surface area contributed by atoms with Gasteiger partial charge in [0.25, 0.3) is 5.56 Å². The number of hydrogen-bond acceptors (Lipinski definition) is 5. The van der Waals surface area contributed by atoms with Gasteiger partial charge in [0.15, 0.2) is 0 Å². The van der Waals surface area contributed by atoms with Gasteiger partial charge in [-0.1, -0.05) is 0 Å². The Morgan fingerprint density at radius 1 is 1.32 bits per heavy atom. The van der Waals surface area contributed by atoms with E-state index in [-0.39, 0.29) is 11.4 Å². The Hall–Kier alpha value is -1.15. The van der Waals surface area contributed by atoms with E-state index in [2.05, 4.69) is 0 Å². The molecule has 0 amide bonds. The fourth-order valence-corrected chi connectivity index (χ4v) is 2.42. The highest BCUT2D eigenvalue weighted by Gasteiger charge is 2.44. The number of rotatable bonds is 2. The lowest BCUT2D eigenvalue weighted by Gasteiger charge is -2.15. The fourth-order valence-electron chi connectivity index (χ4n) is 2.16. The number of alkyl halides is 1. The Balaban J connectivity index is 2.50. The van der Waals surface area contributed by atoms with Crippen LogP contribution in [0.15, 0.2) is 15.8 Å². The number of halogens is 1. The summed E-state index contributed by atoms with van der Waals surface area (Å²) in [6.07, 6.45) is -2.85. The molecular formula is C11H15ClN2O5. The summed E-state index contributed by atoms with van der Waals surface area (Å²) in [4.78, 5) is 23.6. The van der Waals surface area contributed by atoms with E-state index < -0.39 is 35.7 Å². The molecule has 2 heterocycles. The van der Waals surface area contributed by atoms with Gasteiger partial charge in [0.05, 0.1) is 11.4 Å². The Bertz CT molecular complexity index is 596. The summed E-state index contributed by atoms with van der Waals surface area (Å²) in [5.41, 5.74) is -0.922. The highest BCUT2D eigenvalue weighted by molar-refractivity contribution is 6.18. The van der Waals surface area contributed by atoms with Crippen molar-refractivity contribution in [2.75, 3.05) is 5.88 Å². The van der Waals surface area contributed by atoms with Gasteiger partial charge in [0.2, 0.25) is 0 Å². The van der Waals surface area contributed by atoms with Crippen LogP contribution in [0.2, 0.25) is 0 Å². The van der Waals surface area contributed by atoms with Crippen LogP contribution in [0.4, 0.5) is 0 Å². The van der Waals surface area contributed by atoms with E-state index in [0.29, 0.717) is 0 Å². The number of aryl methyl sites for hydroxylation is 1. The van der Waals surface area contributed by atoms with Crippen LogP contribution in [0.5, 0.6) is 0 Å². The molecule has 0 radical (unpaired) electrons. The summed E-state index contributed by atoms with van der Waals surface area (Å²) < 4.78 is 7.53. The van der Waals surface area contributed by atoms with Gasteiger partial charge in [-0.15, -0.1) is 11.6 Å². The molecule has 1 aromatic heterocycles. The van der Waals surface area contributed by atoms with Crippen LogP contribution in [0.25, 0.3) is 0 Å². The summed E-state index contributed by atoms with van der Waals surface area (Å²) in [6.45, 7) is 0. The van der Waals surface area contributed by atoms with E-state index in [1.807, 2.05) is 0 Å². The zero-order valence-corrected chi connectivity index (χ0v) is 11.2. The zero-order chi connectivity index (χ0) is 14.3. The highest BCUT2D eigenvalue weighted by Crippen LogP contribution is 2.32.